The molecule has 0 aromatic heterocycles. The van der Waals surface area contributed by atoms with Crippen LogP contribution in [0.5, 0.6) is 5.75 Å². The van der Waals surface area contributed by atoms with Crippen molar-refractivity contribution in [2.45, 2.75) is 26.3 Å². The minimum Gasteiger partial charge on any atom is -0.405 e. The van der Waals surface area contributed by atoms with Crippen LogP contribution in [0, 0.1) is 5.41 Å². The molecule has 0 spiro atoms. The molecule has 2 N–H and O–H groups in total. The molecule has 0 bridgehead atoms. The van der Waals surface area contributed by atoms with E-state index >= 15 is 0 Å². The number of hydrogen-bond donors (Lipinski definition) is 2. The van der Waals surface area contributed by atoms with Gasteiger partial charge >= 0.3 is 6.36 Å². The van der Waals surface area contributed by atoms with Crippen LogP contribution < -0.4 is 10.1 Å². The van der Waals surface area contributed by atoms with Gasteiger partial charge in [0.25, 0.3) is 0 Å². The largest absolute Gasteiger partial charge is 0.573 e. The van der Waals surface area contributed by atoms with E-state index in [1.165, 1.54) is 12.1 Å². The van der Waals surface area contributed by atoms with E-state index in [1.807, 2.05) is 13.8 Å². The van der Waals surface area contributed by atoms with Gasteiger partial charge in [0.1, 0.15) is 5.75 Å². The maximum atomic E-state index is 12.7. The zero-order valence-corrected chi connectivity index (χ0v) is 13.4. The van der Waals surface area contributed by atoms with Gasteiger partial charge in [-0.05, 0) is 6.07 Å². The van der Waals surface area contributed by atoms with E-state index in [-0.39, 0.29) is 18.4 Å². The number of aliphatic hydroxyl groups excluding tert-OH is 1. The third-order valence-electron chi connectivity index (χ3n) is 4.10. The van der Waals surface area contributed by atoms with E-state index in [0.29, 0.717) is 18.7 Å². The van der Waals surface area contributed by atoms with E-state index in [9.17, 15) is 18.3 Å². The van der Waals surface area contributed by atoms with Crippen LogP contribution in [-0.4, -0.2) is 49.2 Å². The molecular formula is C16H23F3N2O2. The molecule has 1 atom stereocenters. The number of nitrogens with one attached hydrogen (secondary N) is 1. The fourth-order valence-corrected chi connectivity index (χ4v) is 3.06. The van der Waals surface area contributed by atoms with Gasteiger partial charge in [0.2, 0.25) is 0 Å². The summed E-state index contributed by atoms with van der Waals surface area (Å²) in [6.07, 6.45) is -4.74. The van der Waals surface area contributed by atoms with Crippen molar-refractivity contribution in [3.8, 4) is 5.75 Å². The highest BCUT2D eigenvalue weighted by molar-refractivity contribution is 5.37. The lowest BCUT2D eigenvalue weighted by molar-refractivity contribution is -0.275. The minimum atomic E-state index is -4.74. The number of aliphatic hydroxyl groups is 1. The second kappa shape index (κ2) is 7.07. The average molecular weight is 332 g/mol. The van der Waals surface area contributed by atoms with Gasteiger partial charge in [0, 0.05) is 49.8 Å². The van der Waals surface area contributed by atoms with Gasteiger partial charge in [-0.1, -0.05) is 32.0 Å². The molecule has 130 valence electrons. The predicted octanol–water partition coefficient (Wildman–Crippen LogP) is 2.55. The molecule has 0 aliphatic carbocycles. The van der Waals surface area contributed by atoms with Crippen LogP contribution in [0.2, 0.25) is 0 Å². The molecule has 0 unspecified atom stereocenters. The molecule has 0 amide bonds. The Morgan fingerprint density at radius 2 is 1.83 bits per heavy atom. The number of halogens is 3. The summed E-state index contributed by atoms with van der Waals surface area (Å²) in [5, 5.41) is 13.0. The Morgan fingerprint density at radius 1 is 1.22 bits per heavy atom. The minimum absolute atomic E-state index is 0.137. The monoisotopic (exact) mass is 332 g/mol. The molecule has 0 radical (unpaired) electrons. The second-order valence-electron chi connectivity index (χ2n) is 6.42. The van der Waals surface area contributed by atoms with Crippen LogP contribution in [0.25, 0.3) is 0 Å². The van der Waals surface area contributed by atoms with Gasteiger partial charge < -0.3 is 15.2 Å². The number of hydrogen-bond acceptors (Lipinski definition) is 4. The Morgan fingerprint density at radius 3 is 2.39 bits per heavy atom. The molecule has 1 aliphatic heterocycles. The SMILES string of the molecule is CC(C)(CO)[C@H](c1ccccc1OC(F)(F)F)N1CCNCC1. The summed E-state index contributed by atoms with van der Waals surface area (Å²) in [4.78, 5) is 2.10. The summed E-state index contributed by atoms with van der Waals surface area (Å²) >= 11 is 0. The number of para-hydroxylation sites is 1. The Labute approximate surface area is 134 Å². The lowest BCUT2D eigenvalue weighted by Crippen LogP contribution is -2.49. The zero-order valence-electron chi connectivity index (χ0n) is 13.4. The summed E-state index contributed by atoms with van der Waals surface area (Å²) in [6.45, 7) is 6.50. The van der Waals surface area contributed by atoms with Crippen molar-refractivity contribution in [3.05, 3.63) is 29.8 Å². The fraction of sp³-hybridized carbons (Fsp3) is 0.625. The summed E-state index contributed by atoms with van der Waals surface area (Å²) in [7, 11) is 0. The van der Waals surface area contributed by atoms with Crippen LogP contribution in [0.4, 0.5) is 13.2 Å². The van der Waals surface area contributed by atoms with Crippen molar-refractivity contribution < 1.29 is 23.0 Å². The molecule has 7 heteroatoms. The van der Waals surface area contributed by atoms with E-state index in [2.05, 4.69) is 15.0 Å². The van der Waals surface area contributed by atoms with Crippen LogP contribution in [-0.2, 0) is 0 Å². The molecule has 1 heterocycles. The molecular weight excluding hydrogens is 309 g/mol. The van der Waals surface area contributed by atoms with E-state index in [1.54, 1.807) is 12.1 Å². The molecule has 2 rings (SSSR count). The van der Waals surface area contributed by atoms with Crippen LogP contribution in [0.15, 0.2) is 24.3 Å². The van der Waals surface area contributed by atoms with Crippen molar-refractivity contribution in [1.29, 1.82) is 0 Å². The Kier molecular flexibility index (Phi) is 5.54. The standard InChI is InChI=1S/C16H23F3N2O2/c1-15(2,11-22)14(21-9-7-20-8-10-21)12-5-3-4-6-13(12)23-16(17,18)19/h3-6,14,20,22H,7-11H2,1-2H3/t14-/m0/s1. The third kappa shape index (κ3) is 4.59. The molecule has 1 aromatic rings. The maximum Gasteiger partial charge on any atom is 0.573 e. The van der Waals surface area contributed by atoms with Gasteiger partial charge in [-0.2, -0.15) is 0 Å². The van der Waals surface area contributed by atoms with Gasteiger partial charge in [0.15, 0.2) is 0 Å². The predicted molar refractivity (Wildman–Crippen MR) is 81.2 cm³/mol. The molecule has 23 heavy (non-hydrogen) atoms. The average Bonchev–Trinajstić information content (AvgIpc) is 2.49. The third-order valence-corrected chi connectivity index (χ3v) is 4.10. The molecule has 1 aromatic carbocycles. The van der Waals surface area contributed by atoms with Crippen LogP contribution in [0.3, 0.4) is 0 Å². The van der Waals surface area contributed by atoms with Crippen LogP contribution in [0.1, 0.15) is 25.5 Å². The number of ether oxygens (including phenoxy) is 1. The first-order valence-electron chi connectivity index (χ1n) is 7.65. The first-order valence-corrected chi connectivity index (χ1v) is 7.65. The van der Waals surface area contributed by atoms with Gasteiger partial charge in [-0.25, -0.2) is 0 Å². The van der Waals surface area contributed by atoms with Crippen LogP contribution >= 0.6 is 0 Å². The Bertz CT molecular complexity index is 514. The smallest absolute Gasteiger partial charge is 0.405 e. The molecule has 1 aliphatic rings. The molecule has 4 nitrogen and oxygen atoms in total. The fourth-order valence-electron chi connectivity index (χ4n) is 3.06. The highest BCUT2D eigenvalue weighted by atomic mass is 19.4. The lowest BCUT2D eigenvalue weighted by atomic mass is 9.79. The first kappa shape index (κ1) is 18.0. The normalized spacial score (nSPS) is 18.7. The van der Waals surface area contributed by atoms with E-state index < -0.39 is 11.8 Å². The number of alkyl halides is 3. The molecule has 1 fully saturated rings. The van der Waals surface area contributed by atoms with Crippen molar-refractivity contribution in [1.82, 2.24) is 10.2 Å². The van der Waals surface area contributed by atoms with E-state index in [4.69, 9.17) is 0 Å². The quantitative estimate of drug-likeness (QED) is 0.870. The van der Waals surface area contributed by atoms with Gasteiger partial charge in [0.05, 0.1) is 0 Å². The topological polar surface area (TPSA) is 44.7 Å². The van der Waals surface area contributed by atoms with Crippen molar-refractivity contribution in [2.75, 3.05) is 32.8 Å². The van der Waals surface area contributed by atoms with Crippen molar-refractivity contribution in [3.63, 3.8) is 0 Å². The maximum absolute atomic E-state index is 12.7. The van der Waals surface area contributed by atoms with Crippen molar-refractivity contribution in [2.24, 2.45) is 5.41 Å². The zero-order chi connectivity index (χ0) is 17.1. The summed E-state index contributed by atoms with van der Waals surface area (Å²) in [5.74, 6) is -0.204. The second-order valence-corrected chi connectivity index (χ2v) is 6.42. The van der Waals surface area contributed by atoms with Crippen molar-refractivity contribution >= 4 is 0 Å². The first-order chi connectivity index (χ1) is 10.7. The summed E-state index contributed by atoms with van der Waals surface area (Å²) < 4.78 is 42.4. The number of nitrogens with zero attached hydrogens (tertiary/aromatic N) is 1. The van der Waals surface area contributed by atoms with Gasteiger partial charge in [-0.3, -0.25) is 4.90 Å². The summed E-state index contributed by atoms with van der Waals surface area (Å²) in [6, 6.07) is 5.82. The number of piperazine rings is 1. The lowest BCUT2D eigenvalue weighted by Gasteiger charge is -2.43. The number of rotatable bonds is 5. The highest BCUT2D eigenvalue weighted by Gasteiger charge is 2.39. The van der Waals surface area contributed by atoms with E-state index in [0.717, 1.165) is 13.1 Å². The highest BCUT2D eigenvalue weighted by Crippen LogP contribution is 2.43. The summed E-state index contributed by atoms with van der Waals surface area (Å²) in [5.41, 5.74) is -0.159. The number of benzene rings is 1. The molecule has 0 saturated carbocycles. The Balaban J connectivity index is 2.43. The Hall–Kier alpha value is -1.31. The van der Waals surface area contributed by atoms with Gasteiger partial charge in [-0.15, -0.1) is 13.2 Å². The molecule has 1 saturated heterocycles.